The van der Waals surface area contributed by atoms with Gasteiger partial charge in [-0.2, -0.15) is 0 Å². The second-order valence-electron chi connectivity index (χ2n) is 2.39. The second-order valence-corrected chi connectivity index (χ2v) is 4.54. The molecule has 0 aromatic carbocycles. The van der Waals surface area contributed by atoms with Crippen molar-refractivity contribution in [2.24, 2.45) is 5.73 Å². The summed E-state index contributed by atoms with van der Waals surface area (Å²) in [4.78, 5) is 19.2. The van der Waals surface area contributed by atoms with Gasteiger partial charge >= 0.3 is 13.6 Å². The van der Waals surface area contributed by atoms with Crippen LogP contribution in [-0.4, -0.2) is 27.9 Å². The minimum atomic E-state index is -3.98. The van der Waals surface area contributed by atoms with Crippen molar-refractivity contribution in [3.63, 3.8) is 0 Å². The van der Waals surface area contributed by atoms with Gasteiger partial charge in [-0.1, -0.05) is 0 Å². The molecule has 0 fully saturated rings. The zero-order chi connectivity index (χ0) is 9.94. The molecule has 0 aliphatic carbocycles. The molecule has 0 aliphatic heterocycles. The quantitative estimate of drug-likeness (QED) is 0.545. The zero-order valence-electron chi connectivity index (χ0n) is 6.80. The number of carboxylic acid groups (broad SMARTS) is 1. The summed E-state index contributed by atoms with van der Waals surface area (Å²) in [5.74, 6) is -2.38. The topological polar surface area (TPSA) is 110 Å². The molecule has 1 unspecified atom stereocenters. The maximum atomic E-state index is 11.0. The van der Waals surface area contributed by atoms with E-state index in [9.17, 15) is 9.36 Å². The summed E-state index contributed by atoms with van der Waals surface area (Å²) < 4.78 is 15.3. The van der Waals surface area contributed by atoms with Crippen molar-refractivity contribution in [2.45, 2.75) is 25.7 Å². The molecule has 3 atom stereocenters. The van der Waals surface area contributed by atoms with Gasteiger partial charge < -0.3 is 15.7 Å². The van der Waals surface area contributed by atoms with Crippen LogP contribution in [0.3, 0.4) is 0 Å². The molecular formula is C5H12NO5P. The number of carbonyl (C=O) groups is 1. The van der Waals surface area contributed by atoms with Crippen LogP contribution in [0.2, 0.25) is 0 Å². The lowest BCUT2D eigenvalue weighted by Crippen LogP contribution is -2.24. The van der Waals surface area contributed by atoms with Crippen molar-refractivity contribution in [1.29, 1.82) is 0 Å². The van der Waals surface area contributed by atoms with Crippen molar-refractivity contribution < 1.29 is 23.9 Å². The van der Waals surface area contributed by atoms with Gasteiger partial charge in [0.25, 0.3) is 0 Å². The van der Waals surface area contributed by atoms with Crippen LogP contribution in [0.4, 0.5) is 0 Å². The summed E-state index contributed by atoms with van der Waals surface area (Å²) in [5.41, 5.74) is 5.09. The number of aliphatic carboxylic acids is 1. The van der Waals surface area contributed by atoms with Gasteiger partial charge in [-0.15, -0.1) is 0 Å². The van der Waals surface area contributed by atoms with Gasteiger partial charge in [-0.25, -0.2) is 4.79 Å². The Morgan fingerprint density at radius 3 is 2.25 bits per heavy atom. The Balaban J connectivity index is 4.25. The molecule has 0 amide bonds. The first-order valence-electron chi connectivity index (χ1n) is 3.26. The van der Waals surface area contributed by atoms with Crippen LogP contribution in [-0.2, 0) is 13.9 Å². The Morgan fingerprint density at radius 2 is 2.00 bits per heavy atom. The van der Waals surface area contributed by atoms with Gasteiger partial charge in [-0.3, -0.25) is 9.09 Å². The summed E-state index contributed by atoms with van der Waals surface area (Å²) in [6.45, 7) is 2.43. The molecule has 4 N–H and O–H groups in total. The van der Waals surface area contributed by atoms with E-state index in [1.54, 1.807) is 0 Å². The SMILES string of the molecule is C[C@@H](OP(=O)(O)[C@@H](C)N)C(=O)O. The van der Waals surface area contributed by atoms with Crippen molar-refractivity contribution in [3.8, 4) is 0 Å². The Hall–Kier alpha value is -0.420. The fourth-order valence-electron chi connectivity index (χ4n) is 0.368. The number of hydrogen-bond acceptors (Lipinski definition) is 4. The highest BCUT2D eigenvalue weighted by Gasteiger charge is 2.30. The van der Waals surface area contributed by atoms with E-state index in [1.807, 2.05) is 0 Å². The first-order chi connectivity index (χ1) is 5.27. The van der Waals surface area contributed by atoms with Gasteiger partial charge in [0.15, 0.2) is 6.10 Å². The Kier molecular flexibility index (Phi) is 3.86. The minimum absolute atomic E-state index is 1.08. The third-order valence-corrected chi connectivity index (χ3v) is 2.82. The predicted molar refractivity (Wildman–Crippen MR) is 41.7 cm³/mol. The predicted octanol–water partition coefficient (Wildman–Crippen LogP) is -0.0338. The van der Waals surface area contributed by atoms with Crippen LogP contribution in [0, 0.1) is 0 Å². The molecule has 0 aliphatic rings. The molecular weight excluding hydrogens is 185 g/mol. The van der Waals surface area contributed by atoms with Crippen LogP contribution in [0.1, 0.15) is 13.8 Å². The highest BCUT2D eigenvalue weighted by Crippen LogP contribution is 2.45. The number of nitrogens with two attached hydrogens (primary N) is 1. The molecule has 0 aromatic rings. The Bertz CT molecular complexity index is 216. The number of carboxylic acids is 1. The Morgan fingerprint density at radius 1 is 1.58 bits per heavy atom. The van der Waals surface area contributed by atoms with Gasteiger partial charge in [0.2, 0.25) is 0 Å². The molecule has 6 nitrogen and oxygen atoms in total. The summed E-state index contributed by atoms with van der Waals surface area (Å²) in [5, 5.41) is 8.33. The van der Waals surface area contributed by atoms with E-state index in [1.165, 1.54) is 6.92 Å². The van der Waals surface area contributed by atoms with Crippen molar-refractivity contribution >= 4 is 13.6 Å². The Labute approximate surface area is 69.9 Å². The lowest BCUT2D eigenvalue weighted by molar-refractivity contribution is -0.144. The third-order valence-electron chi connectivity index (χ3n) is 1.17. The van der Waals surface area contributed by atoms with Crippen LogP contribution >= 0.6 is 7.60 Å². The molecule has 0 saturated carbocycles. The molecule has 12 heavy (non-hydrogen) atoms. The summed E-state index contributed by atoms with van der Waals surface area (Å²) in [7, 11) is -3.98. The maximum absolute atomic E-state index is 11.0. The van der Waals surface area contributed by atoms with Crippen molar-refractivity contribution in [2.75, 3.05) is 0 Å². The normalized spacial score (nSPS) is 21.0. The molecule has 0 heterocycles. The first-order valence-corrected chi connectivity index (χ1v) is 4.91. The fraction of sp³-hybridized carbons (Fsp3) is 0.800. The van der Waals surface area contributed by atoms with Gasteiger partial charge in [-0.05, 0) is 13.8 Å². The molecule has 0 bridgehead atoms. The average molecular weight is 197 g/mol. The molecule has 0 radical (unpaired) electrons. The van der Waals surface area contributed by atoms with Gasteiger partial charge in [0.05, 0.1) is 0 Å². The first kappa shape index (κ1) is 11.6. The molecule has 0 aromatic heterocycles. The summed E-state index contributed by atoms with van der Waals surface area (Å²) in [6, 6.07) is 0. The fourth-order valence-corrected chi connectivity index (χ4v) is 1.10. The van der Waals surface area contributed by atoms with Gasteiger partial charge in [0, 0.05) is 0 Å². The van der Waals surface area contributed by atoms with Crippen molar-refractivity contribution in [1.82, 2.24) is 0 Å². The van der Waals surface area contributed by atoms with E-state index in [4.69, 9.17) is 15.7 Å². The maximum Gasteiger partial charge on any atom is 0.345 e. The number of rotatable bonds is 4. The lowest BCUT2D eigenvalue weighted by Gasteiger charge is -2.17. The highest BCUT2D eigenvalue weighted by molar-refractivity contribution is 7.53. The van der Waals surface area contributed by atoms with Crippen LogP contribution in [0.15, 0.2) is 0 Å². The van der Waals surface area contributed by atoms with E-state index in [-0.39, 0.29) is 0 Å². The summed E-state index contributed by atoms with van der Waals surface area (Å²) in [6.07, 6.45) is -1.33. The van der Waals surface area contributed by atoms with Crippen molar-refractivity contribution in [3.05, 3.63) is 0 Å². The number of hydrogen-bond donors (Lipinski definition) is 3. The largest absolute Gasteiger partial charge is 0.479 e. The van der Waals surface area contributed by atoms with Gasteiger partial charge in [0.1, 0.15) is 5.78 Å². The van der Waals surface area contributed by atoms with Crippen LogP contribution < -0.4 is 5.73 Å². The summed E-state index contributed by atoms with van der Waals surface area (Å²) >= 11 is 0. The van der Waals surface area contributed by atoms with E-state index in [0.29, 0.717) is 0 Å². The zero-order valence-corrected chi connectivity index (χ0v) is 7.69. The highest BCUT2D eigenvalue weighted by atomic mass is 31.2. The molecule has 0 spiro atoms. The lowest BCUT2D eigenvalue weighted by atomic mass is 10.4. The van der Waals surface area contributed by atoms with Crippen LogP contribution in [0.5, 0.6) is 0 Å². The van der Waals surface area contributed by atoms with E-state index >= 15 is 0 Å². The smallest absolute Gasteiger partial charge is 0.345 e. The molecule has 0 saturated heterocycles. The van der Waals surface area contributed by atoms with Crippen LogP contribution in [0.25, 0.3) is 0 Å². The van der Waals surface area contributed by atoms with E-state index < -0.39 is 25.5 Å². The standard InChI is InChI=1S/C5H12NO5P/c1-3(5(7)8)11-12(9,10)4(2)6/h3-4H,6H2,1-2H3,(H,7,8)(H,9,10)/t3-,4+/m1/s1. The average Bonchev–Trinajstić information content (AvgIpc) is 1.85. The third kappa shape index (κ3) is 3.32. The molecule has 0 rings (SSSR count). The minimum Gasteiger partial charge on any atom is -0.479 e. The molecule has 72 valence electrons. The monoisotopic (exact) mass is 197 g/mol. The van der Waals surface area contributed by atoms with E-state index in [2.05, 4.69) is 4.52 Å². The second kappa shape index (κ2) is 4.00. The molecule has 7 heteroatoms. The van der Waals surface area contributed by atoms with E-state index in [0.717, 1.165) is 6.92 Å².